The molecule has 0 bridgehead atoms. The number of aryl methyl sites for hydroxylation is 1. The third-order valence-electron chi connectivity index (χ3n) is 5.89. The fraction of sp³-hybridized carbons (Fsp3) is 0.269. The summed E-state index contributed by atoms with van der Waals surface area (Å²) in [6.07, 6.45) is 0.382. The number of hydrogen-bond acceptors (Lipinski definition) is 5. The van der Waals surface area contributed by atoms with Gasteiger partial charge >= 0.3 is 0 Å². The first-order valence-corrected chi connectivity index (χ1v) is 13.0. The Morgan fingerprint density at radius 1 is 1.19 bits per heavy atom. The summed E-state index contributed by atoms with van der Waals surface area (Å²) in [6, 6.07) is 12.1. The molecule has 0 fully saturated rings. The minimum Gasteiger partial charge on any atom is -0.350 e. The number of benzene rings is 2. The molecule has 1 heterocycles. The number of nitrogens with zero attached hydrogens (tertiary/aromatic N) is 3. The van der Waals surface area contributed by atoms with Gasteiger partial charge < -0.3 is 9.88 Å². The van der Waals surface area contributed by atoms with Crippen molar-refractivity contribution in [3.05, 3.63) is 87.3 Å². The van der Waals surface area contributed by atoms with Crippen LogP contribution in [0.25, 0.3) is 11.1 Å². The van der Waals surface area contributed by atoms with Crippen LogP contribution < -0.4 is 10.7 Å². The second-order valence-electron chi connectivity index (χ2n) is 7.99. The monoisotopic (exact) mass is 512 g/mol. The van der Waals surface area contributed by atoms with Crippen LogP contribution in [-0.4, -0.2) is 20.4 Å². The van der Waals surface area contributed by atoms with Crippen molar-refractivity contribution < 1.29 is 17.8 Å². The fourth-order valence-electron chi connectivity index (χ4n) is 3.86. The molecule has 1 N–H and O–H groups in total. The molecule has 0 saturated carbocycles. The second kappa shape index (κ2) is 11.3. The number of nitrogens with one attached hydrogen (secondary N) is 1. The molecule has 0 aliphatic heterocycles. The number of carbonyl (C=O) groups is 1. The average molecular weight is 513 g/mol. The molecule has 3 rings (SSSR count). The lowest BCUT2D eigenvalue weighted by Crippen LogP contribution is -2.31. The molecule has 10 heteroatoms. The van der Waals surface area contributed by atoms with E-state index in [1.54, 1.807) is 54.9 Å². The highest BCUT2D eigenvalue weighted by molar-refractivity contribution is 7.93. The number of rotatable bonds is 8. The smallest absolute Gasteiger partial charge is 0.263 e. The summed E-state index contributed by atoms with van der Waals surface area (Å²) in [7, 11) is -2.82. The van der Waals surface area contributed by atoms with E-state index >= 15 is 0 Å². The highest BCUT2D eigenvalue weighted by atomic mass is 32.2. The Labute approximate surface area is 208 Å². The number of halogens is 2. The first kappa shape index (κ1) is 26.8. The molecule has 0 aliphatic carbocycles. The lowest BCUT2D eigenvalue weighted by molar-refractivity contribution is 0.0949. The molecule has 36 heavy (non-hydrogen) atoms. The van der Waals surface area contributed by atoms with Crippen molar-refractivity contribution in [2.24, 2.45) is 4.36 Å². The van der Waals surface area contributed by atoms with Crippen molar-refractivity contribution in [3.8, 4) is 17.3 Å². The molecule has 0 spiro atoms. The third kappa shape index (κ3) is 5.52. The summed E-state index contributed by atoms with van der Waals surface area (Å²) in [5.74, 6) is -0.412. The molecule has 1 aromatic heterocycles. The maximum Gasteiger partial charge on any atom is 0.263 e. The Bertz CT molecular complexity index is 1500. The second-order valence-corrected chi connectivity index (χ2v) is 10.5. The van der Waals surface area contributed by atoms with Gasteiger partial charge in [-0.05, 0) is 43.2 Å². The van der Waals surface area contributed by atoms with Crippen molar-refractivity contribution in [1.29, 1.82) is 5.26 Å². The number of carbonyl (C=O) groups excluding carboxylic acids is 1. The Morgan fingerprint density at radius 3 is 2.47 bits per heavy atom. The summed E-state index contributed by atoms with van der Waals surface area (Å²) in [5.41, 5.74) is 0.938. The van der Waals surface area contributed by atoms with Gasteiger partial charge in [0.25, 0.3) is 12.3 Å². The summed E-state index contributed by atoms with van der Waals surface area (Å²) in [4.78, 5) is 26.7. The maximum absolute atomic E-state index is 13.3. The lowest BCUT2D eigenvalue weighted by atomic mass is 9.99. The highest BCUT2D eigenvalue weighted by Crippen LogP contribution is 2.26. The van der Waals surface area contributed by atoms with Crippen LogP contribution >= 0.6 is 0 Å². The minimum atomic E-state index is -2.82. The topological polar surface area (TPSA) is 104 Å². The Morgan fingerprint density at radius 2 is 1.89 bits per heavy atom. The molecule has 2 aromatic carbocycles. The van der Waals surface area contributed by atoms with Crippen molar-refractivity contribution in [2.45, 2.75) is 45.2 Å². The standard InChI is InChI=1S/C26H26F2N4O3S/c1-4-32-15-22(24(33)23(17(32)3)19-7-6-8-20(13-19)25(27)28)26(34)30-14-18-9-11-21(12-10-18)36(35,5-2)31-16-29/h6-13,15,25H,4-5,14H2,1-3H3,(H,30,34). The summed E-state index contributed by atoms with van der Waals surface area (Å²) in [5, 5.41) is 11.5. The molecular weight excluding hydrogens is 486 g/mol. The molecule has 7 nitrogen and oxygen atoms in total. The zero-order chi connectivity index (χ0) is 26.5. The van der Waals surface area contributed by atoms with Crippen LogP contribution in [0.4, 0.5) is 8.78 Å². The van der Waals surface area contributed by atoms with Crippen LogP contribution in [0, 0.1) is 18.4 Å². The zero-order valence-corrected chi connectivity index (χ0v) is 20.9. The molecule has 0 saturated heterocycles. The first-order valence-electron chi connectivity index (χ1n) is 11.3. The first-order chi connectivity index (χ1) is 17.1. The van der Waals surface area contributed by atoms with E-state index in [0.29, 0.717) is 28.3 Å². The molecule has 3 aromatic rings. The molecular formula is C26H26F2N4O3S. The van der Waals surface area contributed by atoms with Gasteiger partial charge in [-0.15, -0.1) is 4.36 Å². The number of pyridine rings is 1. The molecule has 1 atom stereocenters. The van der Waals surface area contributed by atoms with Crippen LogP contribution in [0.3, 0.4) is 0 Å². The van der Waals surface area contributed by atoms with E-state index < -0.39 is 27.5 Å². The predicted octanol–water partition coefficient (Wildman–Crippen LogP) is 5.04. The normalized spacial score (nSPS) is 12.6. The molecule has 1 amide bonds. The van der Waals surface area contributed by atoms with Gasteiger partial charge in [0.2, 0.25) is 11.6 Å². The SMILES string of the molecule is CCn1cc(C(=O)NCc2ccc(S(=O)(CC)=NC#N)cc2)c(=O)c(-c2cccc(C(F)F)c2)c1C. The number of amides is 1. The van der Waals surface area contributed by atoms with Crippen molar-refractivity contribution in [3.63, 3.8) is 0 Å². The van der Waals surface area contributed by atoms with Gasteiger partial charge in [-0.3, -0.25) is 9.59 Å². The van der Waals surface area contributed by atoms with Gasteiger partial charge in [0.15, 0.2) is 0 Å². The van der Waals surface area contributed by atoms with Gasteiger partial charge in [0.05, 0.1) is 9.73 Å². The average Bonchev–Trinajstić information content (AvgIpc) is 2.88. The Balaban J connectivity index is 1.91. The van der Waals surface area contributed by atoms with Crippen LogP contribution in [-0.2, 0) is 22.8 Å². The number of alkyl halides is 2. The Hall–Kier alpha value is -3.84. The quantitative estimate of drug-likeness (QED) is 0.427. The summed E-state index contributed by atoms with van der Waals surface area (Å²) in [6.45, 7) is 5.82. The van der Waals surface area contributed by atoms with E-state index in [-0.39, 0.29) is 29.0 Å². The van der Waals surface area contributed by atoms with Crippen molar-refractivity contribution >= 4 is 15.6 Å². The third-order valence-corrected chi connectivity index (χ3v) is 8.05. The number of aromatic nitrogens is 1. The van der Waals surface area contributed by atoms with Crippen LogP contribution in [0.5, 0.6) is 0 Å². The summed E-state index contributed by atoms with van der Waals surface area (Å²) >= 11 is 0. The predicted molar refractivity (Wildman–Crippen MR) is 134 cm³/mol. The van der Waals surface area contributed by atoms with Gasteiger partial charge in [-0.1, -0.05) is 37.3 Å². The van der Waals surface area contributed by atoms with E-state index in [2.05, 4.69) is 9.68 Å². The number of hydrogen-bond donors (Lipinski definition) is 1. The molecule has 1 unspecified atom stereocenters. The van der Waals surface area contributed by atoms with E-state index in [4.69, 9.17) is 5.26 Å². The van der Waals surface area contributed by atoms with E-state index in [1.807, 2.05) is 6.92 Å². The largest absolute Gasteiger partial charge is 0.350 e. The van der Waals surface area contributed by atoms with Gasteiger partial charge in [0, 0.05) is 46.8 Å². The Kier molecular flexibility index (Phi) is 8.37. The van der Waals surface area contributed by atoms with Gasteiger partial charge in [-0.25, -0.2) is 13.0 Å². The number of nitriles is 1. The van der Waals surface area contributed by atoms with Crippen LogP contribution in [0.2, 0.25) is 0 Å². The maximum atomic E-state index is 13.3. The highest BCUT2D eigenvalue weighted by Gasteiger charge is 2.20. The lowest BCUT2D eigenvalue weighted by Gasteiger charge is -2.16. The van der Waals surface area contributed by atoms with Gasteiger partial charge in [0.1, 0.15) is 5.56 Å². The minimum absolute atomic E-state index is 0.0947. The molecule has 0 radical (unpaired) electrons. The van der Waals surface area contributed by atoms with Crippen LogP contribution in [0.15, 0.2) is 68.8 Å². The van der Waals surface area contributed by atoms with E-state index in [1.165, 1.54) is 24.4 Å². The molecule has 0 aliphatic rings. The van der Waals surface area contributed by atoms with E-state index in [9.17, 15) is 22.6 Å². The van der Waals surface area contributed by atoms with Crippen molar-refractivity contribution in [2.75, 3.05) is 5.75 Å². The summed E-state index contributed by atoms with van der Waals surface area (Å²) < 4.78 is 44.5. The van der Waals surface area contributed by atoms with Crippen LogP contribution in [0.1, 0.15) is 47.5 Å². The fourth-order valence-corrected chi connectivity index (χ4v) is 5.12. The van der Waals surface area contributed by atoms with E-state index in [0.717, 1.165) is 0 Å². The van der Waals surface area contributed by atoms with Gasteiger partial charge in [-0.2, -0.15) is 5.26 Å². The zero-order valence-electron chi connectivity index (χ0n) is 20.1. The molecule has 188 valence electrons. The van der Waals surface area contributed by atoms with Crippen molar-refractivity contribution in [1.82, 2.24) is 9.88 Å².